The summed E-state index contributed by atoms with van der Waals surface area (Å²) in [6, 6.07) is 8.15. The molecule has 0 radical (unpaired) electrons. The fourth-order valence-corrected chi connectivity index (χ4v) is 4.51. The molecule has 4 nitrogen and oxygen atoms in total. The van der Waals surface area contributed by atoms with E-state index in [1.54, 1.807) is 13.0 Å². The molecule has 5 heteroatoms. The van der Waals surface area contributed by atoms with Crippen LogP contribution in [0.2, 0.25) is 0 Å². The molecule has 2 aromatic rings. The van der Waals surface area contributed by atoms with Gasteiger partial charge in [0.05, 0.1) is 12.2 Å². The van der Waals surface area contributed by atoms with E-state index in [-0.39, 0.29) is 11.9 Å². The lowest BCUT2D eigenvalue weighted by Crippen LogP contribution is -2.13. The maximum absolute atomic E-state index is 12.4. The minimum absolute atomic E-state index is 0.242. The van der Waals surface area contributed by atoms with Crippen molar-refractivity contribution in [3.8, 4) is 0 Å². The normalized spacial score (nSPS) is 13.2. The van der Waals surface area contributed by atoms with Crippen LogP contribution in [0, 0.1) is 0 Å². The van der Waals surface area contributed by atoms with E-state index in [1.807, 2.05) is 12.1 Å². The van der Waals surface area contributed by atoms with Gasteiger partial charge in [-0.05, 0) is 54.9 Å². The van der Waals surface area contributed by atoms with Crippen LogP contribution in [0.25, 0.3) is 6.08 Å². The predicted molar refractivity (Wildman–Crippen MR) is 110 cm³/mol. The summed E-state index contributed by atoms with van der Waals surface area (Å²) in [7, 11) is 0. The highest BCUT2D eigenvalue weighted by Crippen LogP contribution is 2.39. The molecule has 0 unspecified atom stereocenters. The van der Waals surface area contributed by atoms with Gasteiger partial charge in [0.15, 0.2) is 0 Å². The average molecular weight is 384 g/mol. The number of hydrogen-bond acceptors (Lipinski definition) is 4. The number of thiophene rings is 1. The third-order valence-corrected chi connectivity index (χ3v) is 5.88. The summed E-state index contributed by atoms with van der Waals surface area (Å²) >= 11 is 1.49. The highest BCUT2D eigenvalue weighted by Gasteiger charge is 2.27. The van der Waals surface area contributed by atoms with Crippen molar-refractivity contribution in [3.63, 3.8) is 0 Å². The van der Waals surface area contributed by atoms with Crippen LogP contribution in [0.5, 0.6) is 0 Å². The zero-order valence-electron chi connectivity index (χ0n) is 16.0. The van der Waals surface area contributed by atoms with Crippen LogP contribution in [-0.2, 0) is 22.4 Å². The van der Waals surface area contributed by atoms with Gasteiger partial charge in [-0.2, -0.15) is 0 Å². The minimum atomic E-state index is -0.347. The standard InChI is InChI=1S/C22H25NO3S/c1-4-26-22(25)20-17-6-5-7-18(17)27-21(20)23-19(24)13-10-15-8-11-16(12-9-15)14(2)3/h8-14H,4-7H2,1-3H3,(H,23,24)/b13-10-. The number of benzene rings is 1. The maximum atomic E-state index is 12.4. The molecule has 1 aliphatic carbocycles. The first-order chi connectivity index (χ1) is 13.0. The molecule has 1 amide bonds. The Morgan fingerprint density at radius 1 is 1.22 bits per heavy atom. The van der Waals surface area contributed by atoms with Crippen LogP contribution >= 0.6 is 11.3 Å². The zero-order valence-corrected chi connectivity index (χ0v) is 16.8. The summed E-state index contributed by atoms with van der Waals surface area (Å²) in [6.45, 7) is 6.41. The number of carbonyl (C=O) groups excluding carboxylic acids is 2. The van der Waals surface area contributed by atoms with E-state index in [0.29, 0.717) is 23.1 Å². The summed E-state index contributed by atoms with van der Waals surface area (Å²) in [5, 5.41) is 3.47. The molecular formula is C22H25NO3S. The molecule has 1 aromatic heterocycles. The summed E-state index contributed by atoms with van der Waals surface area (Å²) in [5.74, 6) is -0.109. The molecule has 0 bridgehead atoms. The summed E-state index contributed by atoms with van der Waals surface area (Å²) in [4.78, 5) is 25.9. The zero-order chi connectivity index (χ0) is 19.4. The second kappa shape index (κ2) is 8.53. The lowest BCUT2D eigenvalue weighted by atomic mass is 10.0. The van der Waals surface area contributed by atoms with E-state index in [1.165, 1.54) is 27.9 Å². The Morgan fingerprint density at radius 3 is 2.63 bits per heavy atom. The molecule has 0 fully saturated rings. The smallest absolute Gasteiger partial charge is 0.341 e. The molecule has 1 aromatic carbocycles. The Balaban J connectivity index is 1.73. The molecule has 3 rings (SSSR count). The Labute approximate surface area is 164 Å². The van der Waals surface area contributed by atoms with Crippen molar-refractivity contribution in [1.82, 2.24) is 0 Å². The fraction of sp³-hybridized carbons (Fsp3) is 0.364. The second-order valence-corrected chi connectivity index (χ2v) is 8.03. The van der Waals surface area contributed by atoms with Crippen molar-refractivity contribution in [2.75, 3.05) is 11.9 Å². The van der Waals surface area contributed by atoms with Crippen molar-refractivity contribution in [1.29, 1.82) is 0 Å². The van der Waals surface area contributed by atoms with Crippen molar-refractivity contribution < 1.29 is 14.3 Å². The number of carbonyl (C=O) groups is 2. The number of esters is 1. The van der Waals surface area contributed by atoms with Crippen molar-refractivity contribution >= 4 is 34.3 Å². The number of nitrogens with one attached hydrogen (secondary N) is 1. The molecule has 0 spiro atoms. The third kappa shape index (κ3) is 4.48. The monoisotopic (exact) mass is 383 g/mol. The highest BCUT2D eigenvalue weighted by molar-refractivity contribution is 7.17. The number of anilines is 1. The summed E-state index contributed by atoms with van der Waals surface area (Å²) < 4.78 is 5.19. The number of hydrogen-bond donors (Lipinski definition) is 1. The molecule has 0 atom stereocenters. The lowest BCUT2D eigenvalue weighted by molar-refractivity contribution is -0.111. The SMILES string of the molecule is CCOC(=O)c1c(NC(=O)/C=C\c2ccc(C(C)C)cc2)sc2c1CCC2. The van der Waals surface area contributed by atoms with E-state index in [9.17, 15) is 9.59 Å². The van der Waals surface area contributed by atoms with E-state index in [0.717, 1.165) is 30.4 Å². The van der Waals surface area contributed by atoms with Crippen molar-refractivity contribution in [2.45, 2.75) is 46.0 Å². The molecular weight excluding hydrogens is 358 g/mol. The summed E-state index contributed by atoms with van der Waals surface area (Å²) in [5.41, 5.74) is 3.82. The van der Waals surface area contributed by atoms with Gasteiger partial charge in [-0.15, -0.1) is 11.3 Å². The van der Waals surface area contributed by atoms with Gasteiger partial charge >= 0.3 is 5.97 Å². The Bertz CT molecular complexity index is 862. The Hall–Kier alpha value is -2.40. The van der Waals surface area contributed by atoms with Gasteiger partial charge in [0.25, 0.3) is 0 Å². The molecule has 1 aliphatic rings. The first-order valence-corrected chi connectivity index (χ1v) is 10.2. The van der Waals surface area contributed by atoms with Gasteiger partial charge in [0.1, 0.15) is 5.00 Å². The quantitative estimate of drug-likeness (QED) is 0.552. The Morgan fingerprint density at radius 2 is 1.96 bits per heavy atom. The third-order valence-electron chi connectivity index (χ3n) is 4.67. The lowest BCUT2D eigenvalue weighted by Gasteiger charge is -2.07. The van der Waals surface area contributed by atoms with Crippen LogP contribution in [0.1, 0.15) is 65.0 Å². The van der Waals surface area contributed by atoms with E-state index in [2.05, 4.69) is 31.3 Å². The maximum Gasteiger partial charge on any atom is 0.341 e. The van der Waals surface area contributed by atoms with E-state index < -0.39 is 0 Å². The average Bonchev–Trinajstić information content (AvgIpc) is 3.21. The minimum Gasteiger partial charge on any atom is -0.462 e. The highest BCUT2D eigenvalue weighted by atomic mass is 32.1. The first kappa shape index (κ1) is 19.4. The molecule has 0 aliphatic heterocycles. The molecule has 1 N–H and O–H groups in total. The van der Waals surface area contributed by atoms with Crippen LogP contribution in [-0.4, -0.2) is 18.5 Å². The van der Waals surface area contributed by atoms with E-state index >= 15 is 0 Å². The van der Waals surface area contributed by atoms with Gasteiger partial charge in [-0.25, -0.2) is 4.79 Å². The van der Waals surface area contributed by atoms with Gasteiger partial charge in [0, 0.05) is 11.0 Å². The van der Waals surface area contributed by atoms with Crippen LogP contribution in [0.4, 0.5) is 5.00 Å². The molecule has 142 valence electrons. The summed E-state index contributed by atoms with van der Waals surface area (Å²) in [6.07, 6.45) is 6.16. The number of ether oxygens (including phenoxy) is 1. The number of aryl methyl sites for hydroxylation is 1. The van der Waals surface area contributed by atoms with Gasteiger partial charge in [-0.3, -0.25) is 4.79 Å². The number of fused-ring (bicyclic) bond motifs is 1. The van der Waals surface area contributed by atoms with Gasteiger partial charge in [-0.1, -0.05) is 38.1 Å². The van der Waals surface area contributed by atoms with Crippen molar-refractivity contribution in [2.24, 2.45) is 0 Å². The predicted octanol–water partition coefficient (Wildman–Crippen LogP) is 5.19. The van der Waals surface area contributed by atoms with Gasteiger partial charge < -0.3 is 10.1 Å². The number of rotatable bonds is 6. The van der Waals surface area contributed by atoms with Crippen molar-refractivity contribution in [3.05, 3.63) is 57.5 Å². The van der Waals surface area contributed by atoms with Crippen LogP contribution in [0.3, 0.4) is 0 Å². The topological polar surface area (TPSA) is 55.4 Å². The first-order valence-electron chi connectivity index (χ1n) is 9.40. The van der Waals surface area contributed by atoms with E-state index in [4.69, 9.17) is 4.74 Å². The largest absolute Gasteiger partial charge is 0.462 e. The van der Waals surface area contributed by atoms with Crippen LogP contribution < -0.4 is 5.32 Å². The molecule has 1 heterocycles. The number of amides is 1. The molecule has 27 heavy (non-hydrogen) atoms. The van der Waals surface area contributed by atoms with Crippen LogP contribution in [0.15, 0.2) is 30.3 Å². The van der Waals surface area contributed by atoms with Gasteiger partial charge in [0.2, 0.25) is 5.91 Å². The molecule has 0 saturated carbocycles. The fourth-order valence-electron chi connectivity index (χ4n) is 3.23. The Kier molecular flexibility index (Phi) is 6.11. The molecule has 0 saturated heterocycles. The second-order valence-electron chi connectivity index (χ2n) is 6.93.